The van der Waals surface area contributed by atoms with Gasteiger partial charge in [0.25, 0.3) is 0 Å². The molecule has 0 aliphatic heterocycles. The van der Waals surface area contributed by atoms with Crippen molar-refractivity contribution in [2.75, 3.05) is 0 Å². The highest BCUT2D eigenvalue weighted by atomic mass is 35.7. The van der Waals surface area contributed by atoms with E-state index in [0.717, 1.165) is 0 Å². The van der Waals surface area contributed by atoms with E-state index in [9.17, 15) is 0 Å². The minimum absolute atomic E-state index is 0.180. The summed E-state index contributed by atoms with van der Waals surface area (Å²) >= 11 is 10.9. The van der Waals surface area contributed by atoms with Crippen LogP contribution in [0, 0.1) is 0 Å². The van der Waals surface area contributed by atoms with Crippen LogP contribution in [-0.2, 0) is 4.43 Å². The van der Waals surface area contributed by atoms with Crippen LogP contribution in [0.3, 0.4) is 0 Å². The quantitative estimate of drug-likeness (QED) is 0.435. The van der Waals surface area contributed by atoms with Crippen molar-refractivity contribution in [3.05, 3.63) is 0 Å². The molecule has 0 N–H and O–H groups in total. The molecular formula is C4H10Cl2OSi. The Balaban J connectivity index is 3.39. The second-order valence-corrected chi connectivity index (χ2v) is 6.30. The summed E-state index contributed by atoms with van der Waals surface area (Å²) in [5, 5.41) is 0. The third kappa shape index (κ3) is 6.76. The first-order chi connectivity index (χ1) is 3.42. The zero-order chi connectivity index (χ0) is 6.78. The third-order valence-corrected chi connectivity index (χ3v) is 1.86. The third-order valence-electron chi connectivity index (χ3n) is 0.443. The van der Waals surface area contributed by atoms with Gasteiger partial charge in [0.15, 0.2) is 0 Å². The molecule has 0 aromatic carbocycles. The average molecular weight is 173 g/mol. The standard InChI is InChI=1S/C4H10Cl2OSi/c1-4(2,3)7-8(5)6/h8H,1-3H3. The van der Waals surface area contributed by atoms with Crippen molar-refractivity contribution in [3.63, 3.8) is 0 Å². The molecule has 0 aromatic rings. The highest BCUT2D eigenvalue weighted by molar-refractivity contribution is 7.30. The van der Waals surface area contributed by atoms with Crippen molar-refractivity contribution in [3.8, 4) is 0 Å². The number of hydrogen-bond donors (Lipinski definition) is 0. The van der Waals surface area contributed by atoms with Crippen LogP contribution < -0.4 is 0 Å². The van der Waals surface area contributed by atoms with E-state index in [4.69, 9.17) is 26.6 Å². The Labute approximate surface area is 61.1 Å². The molecule has 0 atom stereocenters. The predicted molar refractivity (Wildman–Crippen MR) is 39.7 cm³/mol. The van der Waals surface area contributed by atoms with E-state index in [1.807, 2.05) is 20.8 Å². The Hall–Kier alpha value is 0.757. The summed E-state index contributed by atoms with van der Waals surface area (Å²) in [5.74, 6) is 0. The summed E-state index contributed by atoms with van der Waals surface area (Å²) < 4.78 is 5.11. The van der Waals surface area contributed by atoms with Gasteiger partial charge in [-0.15, -0.1) is 22.2 Å². The van der Waals surface area contributed by atoms with Gasteiger partial charge in [0, 0.05) is 5.60 Å². The second-order valence-electron chi connectivity index (χ2n) is 2.49. The SMILES string of the molecule is CC(C)(C)O[SiH](Cl)Cl. The molecule has 0 saturated heterocycles. The fraction of sp³-hybridized carbons (Fsp3) is 1.00. The van der Waals surface area contributed by atoms with Gasteiger partial charge in [-0.2, -0.15) is 0 Å². The summed E-state index contributed by atoms with van der Waals surface area (Å²) in [5.41, 5.74) is -0.180. The van der Waals surface area contributed by atoms with E-state index in [1.165, 1.54) is 0 Å². The lowest BCUT2D eigenvalue weighted by atomic mass is 10.2. The number of hydrogen-bond acceptors (Lipinski definition) is 1. The lowest BCUT2D eigenvalue weighted by Crippen LogP contribution is -2.23. The fourth-order valence-corrected chi connectivity index (χ4v) is 2.41. The van der Waals surface area contributed by atoms with Crippen LogP contribution >= 0.6 is 22.2 Å². The Morgan fingerprint density at radius 1 is 1.25 bits per heavy atom. The largest absolute Gasteiger partial charge is 0.390 e. The Bertz CT molecular complexity index is 68.9. The lowest BCUT2D eigenvalue weighted by Gasteiger charge is -2.19. The van der Waals surface area contributed by atoms with E-state index < -0.39 is 7.66 Å². The molecule has 0 bridgehead atoms. The van der Waals surface area contributed by atoms with Gasteiger partial charge < -0.3 is 4.43 Å². The lowest BCUT2D eigenvalue weighted by molar-refractivity contribution is 0.140. The van der Waals surface area contributed by atoms with Crippen molar-refractivity contribution in [2.45, 2.75) is 26.4 Å². The van der Waals surface area contributed by atoms with Crippen LogP contribution in [0.15, 0.2) is 0 Å². The summed E-state index contributed by atoms with van der Waals surface area (Å²) in [7, 11) is -1.85. The first kappa shape index (κ1) is 8.76. The predicted octanol–water partition coefficient (Wildman–Crippen LogP) is 2.00. The zero-order valence-corrected chi connectivity index (χ0v) is 7.91. The van der Waals surface area contributed by atoms with E-state index in [2.05, 4.69) is 0 Å². The van der Waals surface area contributed by atoms with Crippen LogP contribution in [0.1, 0.15) is 20.8 Å². The molecule has 0 aromatic heterocycles. The van der Waals surface area contributed by atoms with Gasteiger partial charge in [-0.1, -0.05) is 0 Å². The summed E-state index contributed by atoms with van der Waals surface area (Å²) in [6.07, 6.45) is 0. The maximum atomic E-state index is 5.44. The van der Waals surface area contributed by atoms with Crippen LogP contribution in [0.25, 0.3) is 0 Å². The van der Waals surface area contributed by atoms with Crippen molar-refractivity contribution in [2.24, 2.45) is 0 Å². The first-order valence-corrected chi connectivity index (χ1v) is 6.34. The molecule has 50 valence electrons. The topological polar surface area (TPSA) is 9.23 Å². The highest BCUT2D eigenvalue weighted by Crippen LogP contribution is 2.12. The normalized spacial score (nSPS) is 12.8. The van der Waals surface area contributed by atoms with Gasteiger partial charge in [-0.05, 0) is 20.8 Å². The van der Waals surface area contributed by atoms with E-state index >= 15 is 0 Å². The molecule has 0 aliphatic carbocycles. The van der Waals surface area contributed by atoms with Crippen molar-refractivity contribution >= 4 is 29.8 Å². The number of rotatable bonds is 1. The molecule has 0 amide bonds. The fourth-order valence-electron chi connectivity index (χ4n) is 0.267. The van der Waals surface area contributed by atoms with Crippen molar-refractivity contribution in [1.82, 2.24) is 0 Å². The molecule has 0 spiro atoms. The molecular weight excluding hydrogens is 163 g/mol. The molecule has 8 heavy (non-hydrogen) atoms. The van der Waals surface area contributed by atoms with Crippen molar-refractivity contribution in [1.29, 1.82) is 0 Å². The van der Waals surface area contributed by atoms with E-state index in [-0.39, 0.29) is 5.60 Å². The Morgan fingerprint density at radius 3 is 1.62 bits per heavy atom. The van der Waals surface area contributed by atoms with Gasteiger partial charge in [0.05, 0.1) is 0 Å². The van der Waals surface area contributed by atoms with E-state index in [0.29, 0.717) is 0 Å². The minimum Gasteiger partial charge on any atom is -0.390 e. The molecule has 0 heterocycles. The van der Waals surface area contributed by atoms with Gasteiger partial charge in [-0.25, -0.2) is 0 Å². The molecule has 1 nitrogen and oxygen atoms in total. The van der Waals surface area contributed by atoms with Crippen molar-refractivity contribution < 1.29 is 4.43 Å². The van der Waals surface area contributed by atoms with Gasteiger partial charge in [0.2, 0.25) is 0 Å². The minimum atomic E-state index is -1.85. The Morgan fingerprint density at radius 2 is 1.62 bits per heavy atom. The zero-order valence-electron chi connectivity index (χ0n) is 5.24. The van der Waals surface area contributed by atoms with Crippen LogP contribution in [-0.4, -0.2) is 13.3 Å². The maximum absolute atomic E-state index is 5.44. The van der Waals surface area contributed by atoms with E-state index in [1.54, 1.807) is 0 Å². The van der Waals surface area contributed by atoms with Gasteiger partial charge in [0.1, 0.15) is 0 Å². The van der Waals surface area contributed by atoms with Gasteiger partial charge in [-0.3, -0.25) is 0 Å². The molecule has 0 rings (SSSR count). The molecule has 0 fully saturated rings. The van der Waals surface area contributed by atoms with Gasteiger partial charge >= 0.3 is 7.66 Å². The molecule has 0 unspecified atom stereocenters. The summed E-state index contributed by atoms with van der Waals surface area (Å²) in [4.78, 5) is 0. The smallest absolute Gasteiger partial charge is 0.373 e. The van der Waals surface area contributed by atoms with Crippen LogP contribution in [0.4, 0.5) is 0 Å². The molecule has 0 aliphatic rings. The number of halogens is 2. The molecule has 4 heteroatoms. The van der Waals surface area contributed by atoms with Crippen LogP contribution in [0.2, 0.25) is 0 Å². The molecule has 0 radical (unpaired) electrons. The molecule has 0 saturated carbocycles. The summed E-state index contributed by atoms with van der Waals surface area (Å²) in [6, 6.07) is 0. The average Bonchev–Trinajstić information content (AvgIpc) is 1.21. The second kappa shape index (κ2) is 3.06. The maximum Gasteiger partial charge on any atom is 0.373 e. The highest BCUT2D eigenvalue weighted by Gasteiger charge is 2.15. The summed E-state index contributed by atoms with van der Waals surface area (Å²) in [6.45, 7) is 5.78. The Kier molecular flexibility index (Phi) is 3.35. The monoisotopic (exact) mass is 172 g/mol. The first-order valence-electron chi connectivity index (χ1n) is 2.38. The van der Waals surface area contributed by atoms with Crippen LogP contribution in [0.5, 0.6) is 0 Å².